The smallest absolute Gasteiger partial charge is 0.277 e. The number of aliphatic hydroxyl groups excluding tert-OH is 1. The molecule has 12 nitrogen and oxygen atoms in total. The van der Waals surface area contributed by atoms with Crippen molar-refractivity contribution in [3.8, 4) is 11.5 Å². The SMILES string of the molecule is CCn1c(CN2C(=O)c3ccccc3C2=O)[n+](CC2CCOCC2)c2ccc(OCC(=O)N(Cc3nc(C)ccc3[O-])C[C@H](C)O)cc21. The highest BCUT2D eigenvalue weighted by molar-refractivity contribution is 6.21. The van der Waals surface area contributed by atoms with Crippen molar-refractivity contribution in [3.63, 3.8) is 0 Å². The zero-order valence-corrected chi connectivity index (χ0v) is 27.6. The number of aromatic nitrogens is 3. The summed E-state index contributed by atoms with van der Waals surface area (Å²) in [5, 5.41) is 22.5. The highest BCUT2D eigenvalue weighted by atomic mass is 16.5. The van der Waals surface area contributed by atoms with Gasteiger partial charge in [-0.2, -0.15) is 0 Å². The number of aryl methyl sites for hydroxylation is 2. The first-order valence-electron chi connectivity index (χ1n) is 16.4. The molecule has 2 aliphatic rings. The van der Waals surface area contributed by atoms with Gasteiger partial charge in [0.2, 0.25) is 0 Å². The third-order valence-corrected chi connectivity index (χ3v) is 9.04. The number of ether oxygens (including phenoxy) is 2. The third-order valence-electron chi connectivity index (χ3n) is 9.04. The standard InChI is InChI=1S/C36H41N5O7/c1-4-39-31-17-26(48-22-34(44)38(18-24(3)42)20-29-32(43)12-9-23(2)37-29)10-11-30(31)40(19-25-13-15-47-16-14-25)33(39)21-41-35(45)27-7-5-6-8-28(27)36(41)46/h5-12,17,24-25,42H,4,13-16,18-22H2,1-3H3/t24-/m0/s1. The lowest BCUT2D eigenvalue weighted by atomic mass is 10.0. The molecule has 1 atom stereocenters. The number of rotatable bonds is 12. The van der Waals surface area contributed by atoms with Gasteiger partial charge in [0, 0.05) is 37.4 Å². The van der Waals surface area contributed by atoms with Crippen molar-refractivity contribution < 1.29 is 38.6 Å². The molecule has 12 heteroatoms. The molecule has 1 N–H and O–H groups in total. The summed E-state index contributed by atoms with van der Waals surface area (Å²) >= 11 is 0. The summed E-state index contributed by atoms with van der Waals surface area (Å²) < 4.78 is 15.9. The number of carbonyl (C=O) groups is 3. The van der Waals surface area contributed by atoms with E-state index in [1.54, 1.807) is 50.2 Å². The summed E-state index contributed by atoms with van der Waals surface area (Å²) in [7, 11) is 0. The summed E-state index contributed by atoms with van der Waals surface area (Å²) in [6.45, 7) is 7.79. The Labute approximate surface area is 279 Å². The van der Waals surface area contributed by atoms with Crippen molar-refractivity contribution in [2.24, 2.45) is 5.92 Å². The monoisotopic (exact) mass is 655 g/mol. The highest BCUT2D eigenvalue weighted by Gasteiger charge is 2.39. The van der Waals surface area contributed by atoms with Crippen LogP contribution in [0.5, 0.6) is 11.5 Å². The number of benzene rings is 2. The predicted molar refractivity (Wildman–Crippen MR) is 173 cm³/mol. The Bertz CT molecular complexity index is 1810. The Morgan fingerprint density at radius 2 is 1.83 bits per heavy atom. The van der Waals surface area contributed by atoms with E-state index in [4.69, 9.17) is 9.47 Å². The van der Waals surface area contributed by atoms with Gasteiger partial charge >= 0.3 is 0 Å². The molecule has 252 valence electrons. The van der Waals surface area contributed by atoms with Crippen molar-refractivity contribution >= 4 is 28.8 Å². The molecular formula is C36H41N5O7. The van der Waals surface area contributed by atoms with Gasteiger partial charge in [0.1, 0.15) is 12.3 Å². The van der Waals surface area contributed by atoms with Gasteiger partial charge < -0.3 is 24.6 Å². The Morgan fingerprint density at radius 3 is 2.50 bits per heavy atom. The lowest BCUT2D eigenvalue weighted by Gasteiger charge is -2.26. The molecule has 1 saturated heterocycles. The van der Waals surface area contributed by atoms with Crippen LogP contribution in [0.1, 0.15) is 64.6 Å². The Morgan fingerprint density at radius 1 is 1.12 bits per heavy atom. The van der Waals surface area contributed by atoms with E-state index in [1.165, 1.54) is 15.9 Å². The fourth-order valence-corrected chi connectivity index (χ4v) is 6.60. The van der Waals surface area contributed by atoms with E-state index in [9.17, 15) is 24.6 Å². The van der Waals surface area contributed by atoms with Crippen molar-refractivity contribution in [2.45, 2.75) is 65.9 Å². The van der Waals surface area contributed by atoms with E-state index >= 15 is 0 Å². The molecule has 2 aliphatic heterocycles. The second-order valence-corrected chi connectivity index (χ2v) is 12.5. The number of amides is 3. The molecule has 2 aromatic carbocycles. The Balaban J connectivity index is 1.28. The van der Waals surface area contributed by atoms with Crippen LogP contribution in [-0.2, 0) is 35.7 Å². The van der Waals surface area contributed by atoms with Crippen molar-refractivity contribution in [3.05, 3.63) is 82.9 Å². The third kappa shape index (κ3) is 6.76. The number of hydrogen-bond donors (Lipinski definition) is 1. The molecule has 0 aliphatic carbocycles. The first-order chi connectivity index (χ1) is 23.1. The number of imide groups is 1. The van der Waals surface area contributed by atoms with E-state index < -0.39 is 12.0 Å². The summed E-state index contributed by atoms with van der Waals surface area (Å²) in [6, 6.07) is 15.6. The maximum absolute atomic E-state index is 13.4. The molecule has 6 rings (SSSR count). The molecular weight excluding hydrogens is 614 g/mol. The van der Waals surface area contributed by atoms with Crippen LogP contribution in [0, 0.1) is 12.8 Å². The van der Waals surface area contributed by atoms with Crippen LogP contribution in [0.25, 0.3) is 11.0 Å². The maximum Gasteiger partial charge on any atom is 0.277 e. The molecule has 0 radical (unpaired) electrons. The summed E-state index contributed by atoms with van der Waals surface area (Å²) in [5.74, 6) is 0.359. The molecule has 4 heterocycles. The van der Waals surface area contributed by atoms with E-state index in [2.05, 4.69) is 14.1 Å². The second-order valence-electron chi connectivity index (χ2n) is 12.5. The van der Waals surface area contributed by atoms with Crippen LogP contribution in [0.15, 0.2) is 54.6 Å². The summed E-state index contributed by atoms with van der Waals surface area (Å²) in [6.07, 6.45) is 1.01. The fourth-order valence-electron chi connectivity index (χ4n) is 6.60. The molecule has 1 fully saturated rings. The highest BCUT2D eigenvalue weighted by Crippen LogP contribution is 2.28. The van der Waals surface area contributed by atoms with Crippen LogP contribution in [0.2, 0.25) is 0 Å². The van der Waals surface area contributed by atoms with Crippen LogP contribution < -0.4 is 14.4 Å². The molecule has 3 amide bonds. The van der Waals surface area contributed by atoms with Gasteiger partial charge in [0.15, 0.2) is 17.6 Å². The van der Waals surface area contributed by atoms with Crippen molar-refractivity contribution in [1.82, 2.24) is 19.4 Å². The van der Waals surface area contributed by atoms with E-state index in [0.29, 0.717) is 54.8 Å². The molecule has 4 aromatic rings. The average Bonchev–Trinajstić information content (AvgIpc) is 3.50. The van der Waals surface area contributed by atoms with Crippen LogP contribution in [0.4, 0.5) is 0 Å². The number of hydrogen-bond acceptors (Lipinski definition) is 8. The van der Waals surface area contributed by atoms with Gasteiger partial charge in [-0.15, -0.1) is 0 Å². The molecule has 0 saturated carbocycles. The molecule has 2 aromatic heterocycles. The lowest BCUT2D eigenvalue weighted by molar-refractivity contribution is -0.687. The summed E-state index contributed by atoms with van der Waals surface area (Å²) in [4.78, 5) is 47.1. The van der Waals surface area contributed by atoms with Crippen LogP contribution in [0.3, 0.4) is 0 Å². The minimum atomic E-state index is -0.815. The van der Waals surface area contributed by atoms with Gasteiger partial charge in [0.25, 0.3) is 23.5 Å². The average molecular weight is 656 g/mol. The molecule has 0 spiro atoms. The van der Waals surface area contributed by atoms with Gasteiger partial charge in [-0.3, -0.25) is 24.3 Å². The molecule has 0 bridgehead atoms. The fraction of sp³-hybridized carbons (Fsp3) is 0.417. The van der Waals surface area contributed by atoms with Crippen LogP contribution >= 0.6 is 0 Å². The number of pyridine rings is 1. The maximum atomic E-state index is 13.4. The van der Waals surface area contributed by atoms with Crippen molar-refractivity contribution in [1.29, 1.82) is 0 Å². The van der Waals surface area contributed by atoms with E-state index in [0.717, 1.165) is 29.7 Å². The van der Waals surface area contributed by atoms with Crippen LogP contribution in [-0.4, -0.2) is 74.6 Å². The number of aliphatic hydroxyl groups is 1. The van der Waals surface area contributed by atoms with Gasteiger partial charge in [-0.25, -0.2) is 9.13 Å². The predicted octanol–water partition coefficient (Wildman–Crippen LogP) is 2.74. The minimum Gasteiger partial charge on any atom is -0.871 e. The van der Waals surface area contributed by atoms with E-state index in [1.807, 2.05) is 19.1 Å². The van der Waals surface area contributed by atoms with Gasteiger partial charge in [-0.1, -0.05) is 23.9 Å². The van der Waals surface area contributed by atoms with E-state index in [-0.39, 0.29) is 49.5 Å². The van der Waals surface area contributed by atoms with Crippen molar-refractivity contribution in [2.75, 3.05) is 26.4 Å². The summed E-state index contributed by atoms with van der Waals surface area (Å²) in [5.41, 5.74) is 3.49. The molecule has 0 unspecified atom stereocenters. The zero-order valence-electron chi connectivity index (χ0n) is 27.6. The Hall–Kier alpha value is -4.81. The Kier molecular flexibility index (Phi) is 9.74. The second kappa shape index (κ2) is 14.1. The minimum absolute atomic E-state index is 0.0162. The first-order valence-corrected chi connectivity index (χ1v) is 16.4. The topological polar surface area (TPSA) is 141 Å². The lowest BCUT2D eigenvalue weighted by Crippen LogP contribution is -2.45. The number of carbonyl (C=O) groups excluding carboxylic acids is 3. The number of imidazole rings is 1. The first kappa shape index (κ1) is 33.1. The largest absolute Gasteiger partial charge is 0.871 e. The van der Waals surface area contributed by atoms with Gasteiger partial charge in [0.05, 0.1) is 42.6 Å². The molecule has 48 heavy (non-hydrogen) atoms. The zero-order chi connectivity index (χ0) is 33.9. The quantitative estimate of drug-likeness (QED) is 0.182. The van der Waals surface area contributed by atoms with Gasteiger partial charge in [-0.05, 0) is 63.9 Å². The normalized spacial score (nSPS) is 15.6. The number of fused-ring (bicyclic) bond motifs is 2. The number of nitrogens with zero attached hydrogens (tertiary/aromatic N) is 5.